The molecule has 4 N–H and O–H groups in total. The van der Waals surface area contributed by atoms with Gasteiger partial charge in [0, 0.05) is 6.42 Å². The fourth-order valence-corrected chi connectivity index (χ4v) is 5.26. The standard InChI is InChI=1S/C43H43N3O8/c44-36(26-31-20-22-35(23-21-31)51-27-32-12-4-1-5-13-32)42(49)46-37-18-10-11-19-39(37)52-30-40(47)45-38(43(50)54-29-34-16-8-3-9-17-34)24-25-41(48)53-28-33-14-6-2-7-15-33/h1-23,36,38H,24-30,44H2,(H,45,47)(H,46,49)/t36-,38-/m0/s1. The number of para-hydroxylation sites is 2. The quantitative estimate of drug-likeness (QED) is 0.0881. The molecule has 2 atom stereocenters. The first kappa shape index (κ1) is 38.8. The van der Waals surface area contributed by atoms with Crippen molar-refractivity contribution in [3.8, 4) is 11.5 Å². The van der Waals surface area contributed by atoms with E-state index in [1.54, 1.807) is 36.4 Å². The Hall–Kier alpha value is -6.46. The van der Waals surface area contributed by atoms with Gasteiger partial charge in [-0.3, -0.25) is 14.4 Å². The zero-order chi connectivity index (χ0) is 38.0. The summed E-state index contributed by atoms with van der Waals surface area (Å²) in [5, 5.41) is 5.40. The smallest absolute Gasteiger partial charge is 0.328 e. The average molecular weight is 730 g/mol. The number of carbonyl (C=O) groups excluding carboxylic acids is 4. The lowest BCUT2D eigenvalue weighted by Gasteiger charge is -2.19. The Bertz CT molecular complexity index is 1940. The predicted octanol–water partition coefficient (Wildman–Crippen LogP) is 5.90. The number of carbonyl (C=O) groups is 4. The summed E-state index contributed by atoms with van der Waals surface area (Å²) in [6.07, 6.45) is 0.0825. The van der Waals surface area contributed by atoms with Gasteiger partial charge in [-0.15, -0.1) is 0 Å². The molecule has 0 aliphatic heterocycles. The van der Waals surface area contributed by atoms with Gasteiger partial charge in [-0.2, -0.15) is 0 Å². The van der Waals surface area contributed by atoms with Crippen molar-refractivity contribution in [3.05, 3.63) is 162 Å². The van der Waals surface area contributed by atoms with Crippen LogP contribution in [-0.4, -0.2) is 42.4 Å². The molecule has 5 rings (SSSR count). The van der Waals surface area contributed by atoms with E-state index in [1.807, 2.05) is 103 Å². The van der Waals surface area contributed by atoms with Gasteiger partial charge in [-0.25, -0.2) is 4.79 Å². The van der Waals surface area contributed by atoms with Crippen molar-refractivity contribution in [1.82, 2.24) is 5.32 Å². The molecule has 5 aromatic rings. The summed E-state index contributed by atoms with van der Waals surface area (Å²) in [5.74, 6) is -1.39. The molecule has 0 saturated carbocycles. The van der Waals surface area contributed by atoms with Crippen LogP contribution < -0.4 is 25.8 Å². The number of hydrogen-bond donors (Lipinski definition) is 3. The number of amides is 2. The van der Waals surface area contributed by atoms with E-state index >= 15 is 0 Å². The van der Waals surface area contributed by atoms with E-state index in [-0.39, 0.29) is 38.2 Å². The largest absolute Gasteiger partial charge is 0.489 e. The van der Waals surface area contributed by atoms with Crippen molar-refractivity contribution < 1.29 is 38.1 Å². The maximum Gasteiger partial charge on any atom is 0.328 e. The van der Waals surface area contributed by atoms with Crippen LogP contribution in [0.25, 0.3) is 0 Å². The highest BCUT2D eigenvalue weighted by atomic mass is 16.5. The average Bonchev–Trinajstić information content (AvgIpc) is 3.21. The molecule has 2 amide bonds. The van der Waals surface area contributed by atoms with Crippen LogP contribution in [0.5, 0.6) is 11.5 Å². The van der Waals surface area contributed by atoms with Gasteiger partial charge in [-0.1, -0.05) is 115 Å². The highest BCUT2D eigenvalue weighted by Crippen LogP contribution is 2.24. The van der Waals surface area contributed by atoms with Crippen molar-refractivity contribution in [2.24, 2.45) is 5.73 Å². The minimum atomic E-state index is -1.15. The van der Waals surface area contributed by atoms with E-state index in [9.17, 15) is 19.2 Å². The van der Waals surface area contributed by atoms with Crippen LogP contribution in [0.2, 0.25) is 0 Å². The summed E-state index contributed by atoms with van der Waals surface area (Å²) in [6, 6.07) is 40.1. The molecule has 0 fully saturated rings. The van der Waals surface area contributed by atoms with Gasteiger partial charge < -0.3 is 35.3 Å². The fraction of sp³-hybridized carbons (Fsp3) is 0.209. The lowest BCUT2D eigenvalue weighted by atomic mass is 10.1. The van der Waals surface area contributed by atoms with E-state index in [2.05, 4.69) is 10.6 Å². The van der Waals surface area contributed by atoms with Crippen molar-refractivity contribution in [2.45, 2.75) is 51.2 Å². The topological polar surface area (TPSA) is 155 Å². The third-order valence-corrected chi connectivity index (χ3v) is 8.19. The number of anilines is 1. The van der Waals surface area contributed by atoms with Crippen LogP contribution in [0.4, 0.5) is 5.69 Å². The Kier molecular flexibility index (Phi) is 14.7. The molecule has 54 heavy (non-hydrogen) atoms. The first-order valence-corrected chi connectivity index (χ1v) is 17.6. The van der Waals surface area contributed by atoms with E-state index < -0.39 is 42.4 Å². The van der Waals surface area contributed by atoms with Crippen molar-refractivity contribution >= 4 is 29.4 Å². The summed E-state index contributed by atoms with van der Waals surface area (Å²) in [5.41, 5.74) is 10.1. The minimum Gasteiger partial charge on any atom is -0.489 e. The zero-order valence-electron chi connectivity index (χ0n) is 29.7. The molecule has 5 aromatic carbocycles. The lowest BCUT2D eigenvalue weighted by Crippen LogP contribution is -2.44. The van der Waals surface area contributed by atoms with Crippen molar-refractivity contribution in [2.75, 3.05) is 11.9 Å². The van der Waals surface area contributed by atoms with E-state index in [4.69, 9.17) is 24.7 Å². The van der Waals surface area contributed by atoms with E-state index in [0.29, 0.717) is 18.0 Å². The molecule has 0 heterocycles. The second-order valence-electron chi connectivity index (χ2n) is 12.4. The summed E-state index contributed by atoms with van der Waals surface area (Å²) >= 11 is 0. The molecule has 11 nitrogen and oxygen atoms in total. The second-order valence-corrected chi connectivity index (χ2v) is 12.4. The zero-order valence-corrected chi connectivity index (χ0v) is 29.7. The van der Waals surface area contributed by atoms with Gasteiger partial charge in [0.1, 0.15) is 37.4 Å². The van der Waals surface area contributed by atoms with Gasteiger partial charge in [0.05, 0.1) is 11.7 Å². The molecule has 0 unspecified atom stereocenters. The summed E-state index contributed by atoms with van der Waals surface area (Å²) in [4.78, 5) is 51.8. The van der Waals surface area contributed by atoms with Crippen molar-refractivity contribution in [1.29, 1.82) is 0 Å². The van der Waals surface area contributed by atoms with Crippen LogP contribution in [0.15, 0.2) is 140 Å². The number of hydrogen-bond acceptors (Lipinski definition) is 9. The Morgan fingerprint density at radius 3 is 1.78 bits per heavy atom. The van der Waals surface area contributed by atoms with E-state index in [1.165, 1.54) is 0 Å². The van der Waals surface area contributed by atoms with Crippen LogP contribution in [0, 0.1) is 0 Å². The SMILES string of the molecule is N[C@@H](Cc1ccc(OCc2ccccc2)cc1)C(=O)Nc1ccccc1OCC(=O)N[C@@H](CCC(=O)OCc1ccccc1)C(=O)OCc1ccccc1. The number of nitrogens with two attached hydrogens (primary N) is 1. The molecule has 0 bridgehead atoms. The predicted molar refractivity (Wildman–Crippen MR) is 203 cm³/mol. The highest BCUT2D eigenvalue weighted by Gasteiger charge is 2.25. The summed E-state index contributed by atoms with van der Waals surface area (Å²) in [7, 11) is 0. The Morgan fingerprint density at radius 1 is 0.593 bits per heavy atom. The fourth-order valence-electron chi connectivity index (χ4n) is 5.26. The molecule has 11 heteroatoms. The maximum atomic E-state index is 13.1. The van der Waals surface area contributed by atoms with E-state index in [0.717, 1.165) is 22.3 Å². The van der Waals surface area contributed by atoms with Crippen LogP contribution in [-0.2, 0) is 54.9 Å². The number of esters is 2. The maximum absolute atomic E-state index is 13.1. The molecule has 0 aliphatic carbocycles. The normalized spacial score (nSPS) is 11.7. The molecule has 0 aromatic heterocycles. The number of ether oxygens (including phenoxy) is 4. The third-order valence-electron chi connectivity index (χ3n) is 8.19. The molecule has 0 radical (unpaired) electrons. The van der Waals surface area contributed by atoms with Gasteiger partial charge in [0.15, 0.2) is 6.61 Å². The molecular weight excluding hydrogens is 686 g/mol. The molecule has 0 aliphatic rings. The third kappa shape index (κ3) is 12.9. The van der Waals surface area contributed by atoms with Crippen LogP contribution in [0.1, 0.15) is 35.1 Å². The lowest BCUT2D eigenvalue weighted by molar-refractivity contribution is -0.150. The number of rotatable bonds is 19. The summed E-state index contributed by atoms with van der Waals surface area (Å²) in [6.45, 7) is 0.0321. The minimum absolute atomic E-state index is 0.00924. The molecular formula is C43H43N3O8. The first-order valence-electron chi connectivity index (χ1n) is 17.6. The van der Waals surface area contributed by atoms with Gasteiger partial charge >= 0.3 is 11.9 Å². The van der Waals surface area contributed by atoms with Crippen LogP contribution in [0.3, 0.4) is 0 Å². The highest BCUT2D eigenvalue weighted by molar-refractivity contribution is 5.96. The number of nitrogens with one attached hydrogen (secondary N) is 2. The molecule has 278 valence electrons. The van der Waals surface area contributed by atoms with Gasteiger partial charge in [0.25, 0.3) is 5.91 Å². The Labute approximate surface area is 314 Å². The number of benzene rings is 5. The van der Waals surface area contributed by atoms with Gasteiger partial charge in [0.2, 0.25) is 5.91 Å². The molecule has 0 spiro atoms. The second kappa shape index (κ2) is 20.5. The monoisotopic (exact) mass is 729 g/mol. The van der Waals surface area contributed by atoms with Gasteiger partial charge in [-0.05, 0) is 59.4 Å². The van der Waals surface area contributed by atoms with Crippen LogP contribution >= 0.6 is 0 Å². The Morgan fingerprint density at radius 2 is 1.15 bits per heavy atom. The molecule has 0 saturated heterocycles. The first-order chi connectivity index (χ1) is 26.3. The van der Waals surface area contributed by atoms with Crippen molar-refractivity contribution in [3.63, 3.8) is 0 Å². The summed E-state index contributed by atoms with van der Waals surface area (Å²) < 4.78 is 22.4. The Balaban J connectivity index is 1.12.